The van der Waals surface area contributed by atoms with Gasteiger partial charge in [0.2, 0.25) is 5.91 Å². The first-order valence-corrected chi connectivity index (χ1v) is 8.57. The Kier molecular flexibility index (Phi) is 5.21. The Morgan fingerprint density at radius 2 is 2.04 bits per heavy atom. The molecule has 1 saturated heterocycles. The van der Waals surface area contributed by atoms with Crippen molar-refractivity contribution in [3.63, 3.8) is 0 Å². The van der Waals surface area contributed by atoms with Crippen LogP contribution in [0.15, 0.2) is 36.4 Å². The molecule has 0 saturated carbocycles. The van der Waals surface area contributed by atoms with Crippen molar-refractivity contribution in [2.24, 2.45) is 0 Å². The summed E-state index contributed by atoms with van der Waals surface area (Å²) in [6.45, 7) is 3.23. The van der Waals surface area contributed by atoms with Crippen LogP contribution in [0.2, 0.25) is 10.0 Å². The van der Waals surface area contributed by atoms with E-state index < -0.39 is 0 Å². The van der Waals surface area contributed by atoms with Gasteiger partial charge < -0.3 is 4.90 Å². The van der Waals surface area contributed by atoms with Gasteiger partial charge in [-0.15, -0.1) is 0 Å². The lowest BCUT2D eigenvalue weighted by atomic mass is 10.0. The van der Waals surface area contributed by atoms with Crippen molar-refractivity contribution in [1.29, 1.82) is 0 Å². The van der Waals surface area contributed by atoms with E-state index >= 15 is 0 Å². The monoisotopic (exact) mass is 364 g/mol. The summed E-state index contributed by atoms with van der Waals surface area (Å²) < 4.78 is 1.58. The van der Waals surface area contributed by atoms with E-state index in [4.69, 9.17) is 23.2 Å². The first kappa shape index (κ1) is 17.0. The fourth-order valence-corrected chi connectivity index (χ4v) is 3.15. The van der Waals surface area contributed by atoms with Gasteiger partial charge in [-0.2, -0.15) is 5.10 Å². The number of rotatable bonds is 3. The fraction of sp³-hybridized carbons (Fsp3) is 0.353. The maximum absolute atomic E-state index is 12.5. The SMILES string of the molecule is CC(C(=O)N1CCC(=Cc2cc(Cl)ccc2Cl)CC1)n1cncn1. The highest BCUT2D eigenvalue weighted by atomic mass is 35.5. The van der Waals surface area contributed by atoms with Crippen LogP contribution < -0.4 is 0 Å². The van der Waals surface area contributed by atoms with E-state index in [0.29, 0.717) is 23.1 Å². The summed E-state index contributed by atoms with van der Waals surface area (Å²) >= 11 is 12.2. The van der Waals surface area contributed by atoms with E-state index in [-0.39, 0.29) is 11.9 Å². The van der Waals surface area contributed by atoms with E-state index in [1.807, 2.05) is 17.9 Å². The number of nitrogens with zero attached hydrogens (tertiary/aromatic N) is 4. The summed E-state index contributed by atoms with van der Waals surface area (Å²) in [6.07, 6.45) is 6.75. The van der Waals surface area contributed by atoms with Crippen molar-refractivity contribution < 1.29 is 4.79 Å². The topological polar surface area (TPSA) is 51.0 Å². The van der Waals surface area contributed by atoms with Gasteiger partial charge in [0.05, 0.1) is 0 Å². The number of hydrogen-bond acceptors (Lipinski definition) is 3. The van der Waals surface area contributed by atoms with Crippen molar-refractivity contribution in [1.82, 2.24) is 19.7 Å². The Hall–Kier alpha value is -1.85. The molecule has 1 amide bonds. The number of carbonyl (C=O) groups is 1. The molecule has 0 radical (unpaired) electrons. The van der Waals surface area contributed by atoms with E-state index in [9.17, 15) is 4.79 Å². The van der Waals surface area contributed by atoms with Crippen LogP contribution in [0.25, 0.3) is 6.08 Å². The molecule has 1 aromatic heterocycles. The fourth-order valence-electron chi connectivity index (χ4n) is 2.80. The molecule has 0 N–H and O–H groups in total. The van der Waals surface area contributed by atoms with Crippen LogP contribution in [0.5, 0.6) is 0 Å². The van der Waals surface area contributed by atoms with Crippen molar-refractivity contribution >= 4 is 35.2 Å². The molecule has 1 unspecified atom stereocenters. The van der Waals surface area contributed by atoms with Gasteiger partial charge in [0.1, 0.15) is 18.7 Å². The van der Waals surface area contributed by atoms with Crippen LogP contribution >= 0.6 is 23.2 Å². The van der Waals surface area contributed by atoms with Crippen molar-refractivity contribution in [3.05, 3.63) is 52.0 Å². The molecular formula is C17H18Cl2N4O. The molecule has 2 heterocycles. The van der Waals surface area contributed by atoms with Gasteiger partial charge in [0, 0.05) is 23.1 Å². The quantitative estimate of drug-likeness (QED) is 0.830. The van der Waals surface area contributed by atoms with Gasteiger partial charge >= 0.3 is 0 Å². The molecule has 126 valence electrons. The predicted molar refractivity (Wildman–Crippen MR) is 95.0 cm³/mol. The molecule has 2 aromatic rings. The standard InChI is InChI=1S/C17H18Cl2N4O/c1-12(23-11-20-10-21-23)17(24)22-6-4-13(5-7-22)8-14-9-15(18)2-3-16(14)19/h2-3,8-12H,4-7H2,1H3. The molecule has 3 rings (SSSR count). The van der Waals surface area contributed by atoms with Crippen molar-refractivity contribution in [2.45, 2.75) is 25.8 Å². The summed E-state index contributed by atoms with van der Waals surface area (Å²) in [6, 6.07) is 5.11. The Labute approximate surface area is 150 Å². The zero-order valence-corrected chi connectivity index (χ0v) is 14.8. The molecular weight excluding hydrogens is 347 g/mol. The van der Waals surface area contributed by atoms with Gasteiger partial charge in [0.15, 0.2) is 0 Å². The van der Waals surface area contributed by atoms with Gasteiger partial charge in [-0.1, -0.05) is 34.9 Å². The van der Waals surface area contributed by atoms with Crippen LogP contribution in [0.3, 0.4) is 0 Å². The van der Waals surface area contributed by atoms with Crippen LogP contribution in [0.4, 0.5) is 0 Å². The number of aromatic nitrogens is 3. The summed E-state index contributed by atoms with van der Waals surface area (Å²) in [5, 5.41) is 5.39. The maximum atomic E-state index is 12.5. The summed E-state index contributed by atoms with van der Waals surface area (Å²) in [5.41, 5.74) is 2.20. The third-order valence-corrected chi connectivity index (χ3v) is 4.81. The Morgan fingerprint density at radius 3 is 2.71 bits per heavy atom. The zero-order chi connectivity index (χ0) is 17.1. The second-order valence-electron chi connectivity index (χ2n) is 5.85. The molecule has 24 heavy (non-hydrogen) atoms. The number of carbonyl (C=O) groups excluding carboxylic acids is 1. The third-order valence-electron chi connectivity index (χ3n) is 4.23. The lowest BCUT2D eigenvalue weighted by molar-refractivity contribution is -0.135. The highest BCUT2D eigenvalue weighted by Crippen LogP contribution is 2.26. The van der Waals surface area contributed by atoms with Crippen molar-refractivity contribution in [3.8, 4) is 0 Å². The van der Waals surface area contributed by atoms with E-state index in [2.05, 4.69) is 16.2 Å². The second kappa shape index (κ2) is 7.36. The third kappa shape index (κ3) is 3.79. The molecule has 0 spiro atoms. The minimum Gasteiger partial charge on any atom is -0.340 e. The number of amides is 1. The highest BCUT2D eigenvalue weighted by Gasteiger charge is 2.25. The van der Waals surface area contributed by atoms with Crippen LogP contribution in [0, 0.1) is 0 Å². The molecule has 5 nitrogen and oxygen atoms in total. The lowest BCUT2D eigenvalue weighted by Crippen LogP contribution is -2.40. The van der Waals surface area contributed by atoms with Crippen LogP contribution in [0.1, 0.15) is 31.4 Å². The number of hydrogen-bond donors (Lipinski definition) is 0. The average molecular weight is 365 g/mol. The van der Waals surface area contributed by atoms with Gasteiger partial charge in [-0.3, -0.25) is 4.79 Å². The largest absolute Gasteiger partial charge is 0.340 e. The smallest absolute Gasteiger partial charge is 0.247 e. The molecule has 7 heteroatoms. The van der Waals surface area contributed by atoms with E-state index in [1.54, 1.807) is 23.1 Å². The summed E-state index contributed by atoms with van der Waals surface area (Å²) in [5.74, 6) is 0.0698. The van der Waals surface area contributed by atoms with Gasteiger partial charge in [0.25, 0.3) is 0 Å². The normalized spacial score (nSPS) is 16.1. The first-order chi connectivity index (χ1) is 11.5. The maximum Gasteiger partial charge on any atom is 0.247 e. The van der Waals surface area contributed by atoms with Crippen molar-refractivity contribution in [2.75, 3.05) is 13.1 Å². The van der Waals surface area contributed by atoms with Crippen LogP contribution in [-0.4, -0.2) is 38.7 Å². The van der Waals surface area contributed by atoms with Gasteiger partial charge in [-0.05, 0) is 43.5 Å². The Balaban J connectivity index is 1.64. The first-order valence-electron chi connectivity index (χ1n) is 7.82. The van der Waals surface area contributed by atoms with Gasteiger partial charge in [-0.25, -0.2) is 9.67 Å². The molecule has 1 aliphatic rings. The minimum absolute atomic E-state index is 0.0698. The molecule has 1 aliphatic heterocycles. The highest BCUT2D eigenvalue weighted by molar-refractivity contribution is 6.34. The molecule has 0 aliphatic carbocycles. The second-order valence-corrected chi connectivity index (χ2v) is 6.69. The Morgan fingerprint density at radius 1 is 1.29 bits per heavy atom. The van der Waals surface area contributed by atoms with E-state index in [0.717, 1.165) is 18.4 Å². The summed E-state index contributed by atoms with van der Waals surface area (Å²) in [7, 11) is 0. The predicted octanol–water partition coefficient (Wildman–Crippen LogP) is 3.85. The molecule has 0 bridgehead atoms. The van der Waals surface area contributed by atoms with E-state index in [1.165, 1.54) is 11.9 Å². The Bertz CT molecular complexity index is 748. The lowest BCUT2D eigenvalue weighted by Gasteiger charge is -2.30. The molecule has 1 aromatic carbocycles. The minimum atomic E-state index is -0.333. The molecule has 1 atom stereocenters. The number of halogens is 2. The summed E-state index contributed by atoms with van der Waals surface area (Å²) in [4.78, 5) is 18.3. The number of piperidine rings is 1. The molecule has 1 fully saturated rings. The number of likely N-dealkylation sites (tertiary alicyclic amines) is 1. The average Bonchev–Trinajstić information content (AvgIpc) is 3.12. The van der Waals surface area contributed by atoms with Crippen LogP contribution in [-0.2, 0) is 4.79 Å². The zero-order valence-electron chi connectivity index (χ0n) is 13.3. The number of benzene rings is 1.